The number of aromatic amines is 1. The first-order valence-electron chi connectivity index (χ1n) is 3.62. The summed E-state index contributed by atoms with van der Waals surface area (Å²) in [5.41, 5.74) is 1.08. The van der Waals surface area contributed by atoms with Gasteiger partial charge in [-0.2, -0.15) is 0 Å². The van der Waals surface area contributed by atoms with E-state index < -0.39 is 0 Å². The molecule has 1 aromatic heterocycles. The van der Waals surface area contributed by atoms with E-state index >= 15 is 0 Å². The highest BCUT2D eigenvalue weighted by Crippen LogP contribution is 2.27. The van der Waals surface area contributed by atoms with E-state index in [9.17, 15) is 0 Å². The summed E-state index contributed by atoms with van der Waals surface area (Å²) < 4.78 is 6.23. The molecule has 0 radical (unpaired) electrons. The highest BCUT2D eigenvalue weighted by atomic mass is 79.9. The van der Waals surface area contributed by atoms with Crippen molar-refractivity contribution in [3.63, 3.8) is 0 Å². The molecule has 0 aliphatic rings. The molecule has 0 bridgehead atoms. The first-order chi connectivity index (χ1) is 5.81. The lowest BCUT2D eigenvalue weighted by Crippen LogP contribution is -1.78. The van der Waals surface area contributed by atoms with E-state index in [0.717, 1.165) is 21.1 Å². The van der Waals surface area contributed by atoms with Gasteiger partial charge in [-0.15, -0.1) is 0 Å². The van der Waals surface area contributed by atoms with Crippen LogP contribution in [0, 0.1) is 0 Å². The van der Waals surface area contributed by atoms with Gasteiger partial charge in [0, 0.05) is 16.1 Å². The molecule has 0 amide bonds. The Hall–Kier alpha value is -0.960. The molecule has 0 aliphatic heterocycles. The molecule has 0 unspecified atom stereocenters. The van der Waals surface area contributed by atoms with Crippen molar-refractivity contribution in [1.82, 2.24) is 4.98 Å². The van der Waals surface area contributed by atoms with Gasteiger partial charge in [-0.05, 0) is 18.2 Å². The molecule has 2 nitrogen and oxygen atoms in total. The summed E-state index contributed by atoms with van der Waals surface area (Å²) in [6, 6.07) is 6.05. The number of methoxy groups -OCH3 is 1. The van der Waals surface area contributed by atoms with E-state index in [2.05, 4.69) is 20.9 Å². The van der Waals surface area contributed by atoms with E-state index in [4.69, 9.17) is 4.74 Å². The number of hydrogen-bond acceptors (Lipinski definition) is 1. The van der Waals surface area contributed by atoms with Crippen LogP contribution in [0.3, 0.4) is 0 Å². The number of hydrogen-bond donors (Lipinski definition) is 1. The van der Waals surface area contributed by atoms with Gasteiger partial charge in [-0.3, -0.25) is 0 Å². The third kappa shape index (κ3) is 1.10. The van der Waals surface area contributed by atoms with Gasteiger partial charge in [-0.25, -0.2) is 0 Å². The maximum Gasteiger partial charge on any atom is 0.144 e. The van der Waals surface area contributed by atoms with Crippen molar-refractivity contribution in [1.29, 1.82) is 0 Å². The monoisotopic (exact) mass is 225 g/mol. The summed E-state index contributed by atoms with van der Waals surface area (Å²) in [5, 5.41) is 1.11. The number of halogens is 1. The van der Waals surface area contributed by atoms with Crippen LogP contribution in [-0.2, 0) is 0 Å². The van der Waals surface area contributed by atoms with Crippen molar-refractivity contribution >= 4 is 26.8 Å². The average molecular weight is 226 g/mol. The lowest BCUT2D eigenvalue weighted by Gasteiger charge is -1.95. The molecule has 12 heavy (non-hydrogen) atoms. The summed E-state index contributed by atoms with van der Waals surface area (Å²) >= 11 is 3.40. The van der Waals surface area contributed by atoms with Gasteiger partial charge in [0.1, 0.15) is 5.75 Å². The second-order valence-corrected chi connectivity index (χ2v) is 3.46. The zero-order valence-corrected chi connectivity index (χ0v) is 8.18. The molecule has 1 N–H and O–H groups in total. The number of nitrogens with one attached hydrogen (secondary N) is 1. The average Bonchev–Trinajstić information content (AvgIpc) is 2.46. The zero-order chi connectivity index (χ0) is 8.55. The molecule has 2 rings (SSSR count). The second-order valence-electron chi connectivity index (χ2n) is 2.55. The molecule has 0 saturated carbocycles. The Morgan fingerprint density at radius 3 is 3.00 bits per heavy atom. The fraction of sp³-hybridized carbons (Fsp3) is 0.111. The van der Waals surface area contributed by atoms with Crippen LogP contribution < -0.4 is 4.74 Å². The SMILES string of the molecule is COc1c[nH]c2cc(Br)ccc12. The number of rotatable bonds is 1. The molecule has 0 fully saturated rings. The Balaban J connectivity index is 2.73. The summed E-state index contributed by atoms with van der Waals surface area (Å²) in [5.74, 6) is 0.887. The van der Waals surface area contributed by atoms with Crippen LogP contribution in [0.2, 0.25) is 0 Å². The van der Waals surface area contributed by atoms with Gasteiger partial charge in [0.2, 0.25) is 0 Å². The number of aromatic nitrogens is 1. The van der Waals surface area contributed by atoms with E-state index in [0.29, 0.717) is 0 Å². The van der Waals surface area contributed by atoms with Crippen molar-refractivity contribution in [3.8, 4) is 5.75 Å². The smallest absolute Gasteiger partial charge is 0.144 e. The number of ether oxygens (including phenoxy) is 1. The molecule has 0 saturated heterocycles. The maximum atomic E-state index is 5.16. The van der Waals surface area contributed by atoms with E-state index in [1.165, 1.54) is 0 Å². The van der Waals surface area contributed by atoms with Crippen LogP contribution in [0.5, 0.6) is 5.75 Å². The van der Waals surface area contributed by atoms with Gasteiger partial charge in [-0.1, -0.05) is 15.9 Å². The van der Waals surface area contributed by atoms with E-state index in [1.54, 1.807) is 7.11 Å². The van der Waals surface area contributed by atoms with Gasteiger partial charge >= 0.3 is 0 Å². The van der Waals surface area contributed by atoms with E-state index in [-0.39, 0.29) is 0 Å². The molecular formula is C9H8BrNO. The van der Waals surface area contributed by atoms with Gasteiger partial charge in [0.15, 0.2) is 0 Å². The fourth-order valence-electron chi connectivity index (χ4n) is 1.24. The van der Waals surface area contributed by atoms with Gasteiger partial charge in [0.05, 0.1) is 12.6 Å². The molecule has 1 aromatic carbocycles. The third-order valence-corrected chi connectivity index (χ3v) is 2.32. The van der Waals surface area contributed by atoms with Crippen LogP contribution >= 0.6 is 15.9 Å². The number of fused-ring (bicyclic) bond motifs is 1. The number of H-pyrrole nitrogens is 1. The molecule has 2 aromatic rings. The summed E-state index contributed by atoms with van der Waals surface area (Å²) in [4.78, 5) is 3.12. The normalized spacial score (nSPS) is 10.5. The molecule has 1 heterocycles. The second kappa shape index (κ2) is 2.83. The topological polar surface area (TPSA) is 25.0 Å². The molecule has 62 valence electrons. The molecule has 0 atom stereocenters. The summed E-state index contributed by atoms with van der Waals surface area (Å²) in [7, 11) is 1.67. The predicted molar refractivity (Wildman–Crippen MR) is 52.6 cm³/mol. The van der Waals surface area contributed by atoms with Crippen LogP contribution in [0.1, 0.15) is 0 Å². The zero-order valence-electron chi connectivity index (χ0n) is 6.60. The lowest BCUT2D eigenvalue weighted by atomic mass is 10.2. The summed E-state index contributed by atoms with van der Waals surface area (Å²) in [6.45, 7) is 0. The Bertz CT molecular complexity index is 408. The van der Waals surface area contributed by atoms with Crippen LogP contribution in [0.25, 0.3) is 10.9 Å². The predicted octanol–water partition coefficient (Wildman–Crippen LogP) is 2.94. The maximum absolute atomic E-state index is 5.16. The Morgan fingerprint density at radius 1 is 1.42 bits per heavy atom. The van der Waals surface area contributed by atoms with Crippen LogP contribution in [0.4, 0.5) is 0 Å². The third-order valence-electron chi connectivity index (χ3n) is 1.83. The van der Waals surface area contributed by atoms with Crippen LogP contribution in [-0.4, -0.2) is 12.1 Å². The molecule has 0 spiro atoms. The molecule has 3 heteroatoms. The minimum atomic E-state index is 0.887. The van der Waals surface area contributed by atoms with Crippen molar-refractivity contribution in [3.05, 3.63) is 28.9 Å². The highest BCUT2D eigenvalue weighted by Gasteiger charge is 2.02. The largest absolute Gasteiger partial charge is 0.495 e. The first kappa shape index (κ1) is 7.68. The quantitative estimate of drug-likeness (QED) is 0.794. The van der Waals surface area contributed by atoms with Crippen molar-refractivity contribution in [2.45, 2.75) is 0 Å². The molecular weight excluding hydrogens is 218 g/mol. The fourth-order valence-corrected chi connectivity index (χ4v) is 1.60. The lowest BCUT2D eigenvalue weighted by molar-refractivity contribution is 0.419. The van der Waals surface area contributed by atoms with Crippen molar-refractivity contribution in [2.75, 3.05) is 7.11 Å². The highest BCUT2D eigenvalue weighted by molar-refractivity contribution is 9.10. The minimum Gasteiger partial charge on any atom is -0.495 e. The van der Waals surface area contributed by atoms with Crippen LogP contribution in [0.15, 0.2) is 28.9 Å². The summed E-state index contributed by atoms with van der Waals surface area (Å²) in [6.07, 6.45) is 1.86. The van der Waals surface area contributed by atoms with Gasteiger partial charge in [0.25, 0.3) is 0 Å². The minimum absolute atomic E-state index is 0.887. The Morgan fingerprint density at radius 2 is 2.25 bits per heavy atom. The van der Waals surface area contributed by atoms with Gasteiger partial charge < -0.3 is 9.72 Å². The molecule has 0 aliphatic carbocycles. The standard InChI is InChI=1S/C9H8BrNO/c1-12-9-5-11-8-4-6(10)2-3-7(8)9/h2-5,11H,1H3. The van der Waals surface area contributed by atoms with Crippen molar-refractivity contribution in [2.24, 2.45) is 0 Å². The number of benzene rings is 1. The Kier molecular flexibility index (Phi) is 1.81. The first-order valence-corrected chi connectivity index (χ1v) is 4.41. The Labute approximate surface area is 78.7 Å². The van der Waals surface area contributed by atoms with E-state index in [1.807, 2.05) is 24.4 Å². The van der Waals surface area contributed by atoms with Crippen molar-refractivity contribution < 1.29 is 4.74 Å².